The summed E-state index contributed by atoms with van der Waals surface area (Å²) in [6, 6.07) is 64.9. The lowest BCUT2D eigenvalue weighted by molar-refractivity contribution is 1.25. The minimum absolute atomic E-state index is 0.855. The molecule has 250 valence electrons. The molecule has 0 unspecified atom stereocenters. The SMILES string of the molecule is c1ccc(-c2cccc(-c3ccc(-c4nc5c(-c6ccc7c8ccccc8c8ccccc8c7c6)cccc5c5c4ccc4ccccc45)cc3)n2)nc1. The molecule has 3 heterocycles. The normalized spacial score (nSPS) is 11.7. The summed E-state index contributed by atoms with van der Waals surface area (Å²) in [4.78, 5) is 15.1. The number of hydrogen-bond acceptors (Lipinski definition) is 3. The van der Waals surface area contributed by atoms with Gasteiger partial charge in [0, 0.05) is 39.0 Å². The zero-order chi connectivity index (χ0) is 35.6. The second-order valence-corrected chi connectivity index (χ2v) is 13.9. The van der Waals surface area contributed by atoms with Crippen LogP contribution >= 0.6 is 0 Å². The lowest BCUT2D eigenvalue weighted by Crippen LogP contribution is -1.94. The Morgan fingerprint density at radius 2 is 0.889 bits per heavy atom. The first-order valence-corrected chi connectivity index (χ1v) is 18.4. The van der Waals surface area contributed by atoms with Crippen LogP contribution in [-0.2, 0) is 0 Å². The summed E-state index contributed by atoms with van der Waals surface area (Å²) in [5.74, 6) is 0. The van der Waals surface area contributed by atoms with Gasteiger partial charge in [-0.15, -0.1) is 0 Å². The highest BCUT2D eigenvalue weighted by Gasteiger charge is 2.17. The molecule has 0 amide bonds. The van der Waals surface area contributed by atoms with Crippen LogP contribution in [-0.4, -0.2) is 15.0 Å². The number of fused-ring (bicyclic) bond motifs is 11. The maximum atomic E-state index is 5.58. The van der Waals surface area contributed by atoms with Crippen LogP contribution in [0.25, 0.3) is 110 Å². The van der Waals surface area contributed by atoms with Crippen LogP contribution in [0, 0.1) is 0 Å². The van der Waals surface area contributed by atoms with Crippen molar-refractivity contribution in [2.75, 3.05) is 0 Å². The second-order valence-electron chi connectivity index (χ2n) is 13.9. The minimum Gasteiger partial charge on any atom is -0.255 e. The third-order valence-electron chi connectivity index (χ3n) is 10.9. The molecule has 0 saturated heterocycles. The Bertz CT molecular complexity index is 3220. The lowest BCUT2D eigenvalue weighted by atomic mass is 9.90. The van der Waals surface area contributed by atoms with E-state index in [1.54, 1.807) is 6.20 Å². The van der Waals surface area contributed by atoms with Crippen molar-refractivity contribution in [2.24, 2.45) is 0 Å². The van der Waals surface area contributed by atoms with Gasteiger partial charge in [0.15, 0.2) is 0 Å². The highest BCUT2D eigenvalue weighted by atomic mass is 14.8. The van der Waals surface area contributed by atoms with Gasteiger partial charge in [-0.05, 0) is 79.0 Å². The Morgan fingerprint density at radius 1 is 0.315 bits per heavy atom. The van der Waals surface area contributed by atoms with Gasteiger partial charge >= 0.3 is 0 Å². The van der Waals surface area contributed by atoms with E-state index in [9.17, 15) is 0 Å². The zero-order valence-corrected chi connectivity index (χ0v) is 29.2. The Balaban J connectivity index is 1.13. The molecule has 0 aliphatic heterocycles. The molecule has 3 heteroatoms. The molecule has 11 aromatic rings. The van der Waals surface area contributed by atoms with Crippen LogP contribution in [0.15, 0.2) is 188 Å². The van der Waals surface area contributed by atoms with Gasteiger partial charge in [-0.25, -0.2) is 9.97 Å². The third kappa shape index (κ3) is 4.79. The number of para-hydroxylation sites is 1. The van der Waals surface area contributed by atoms with E-state index < -0.39 is 0 Å². The Hall–Kier alpha value is -7.23. The van der Waals surface area contributed by atoms with E-state index in [-0.39, 0.29) is 0 Å². The maximum absolute atomic E-state index is 5.58. The summed E-state index contributed by atoms with van der Waals surface area (Å²) in [5.41, 5.74) is 8.97. The first-order chi connectivity index (χ1) is 26.8. The zero-order valence-electron chi connectivity index (χ0n) is 29.2. The van der Waals surface area contributed by atoms with Gasteiger partial charge in [0.2, 0.25) is 0 Å². The molecule has 3 aromatic heterocycles. The fraction of sp³-hybridized carbons (Fsp3) is 0. The molecular weight excluding hydrogens is 655 g/mol. The van der Waals surface area contributed by atoms with E-state index in [1.165, 1.54) is 48.5 Å². The van der Waals surface area contributed by atoms with Crippen LogP contribution < -0.4 is 0 Å². The number of nitrogens with zero attached hydrogens (tertiary/aromatic N) is 3. The van der Waals surface area contributed by atoms with Crippen LogP contribution in [0.4, 0.5) is 0 Å². The van der Waals surface area contributed by atoms with Crippen molar-refractivity contribution in [1.82, 2.24) is 15.0 Å². The van der Waals surface area contributed by atoms with Crippen LogP contribution in [0.3, 0.4) is 0 Å². The molecule has 0 N–H and O–H groups in total. The molecule has 11 rings (SSSR count). The van der Waals surface area contributed by atoms with Crippen molar-refractivity contribution >= 4 is 64.8 Å². The van der Waals surface area contributed by atoms with Crippen LogP contribution in [0.5, 0.6) is 0 Å². The molecule has 54 heavy (non-hydrogen) atoms. The average Bonchev–Trinajstić information content (AvgIpc) is 3.26. The highest BCUT2D eigenvalue weighted by Crippen LogP contribution is 2.42. The fourth-order valence-electron chi connectivity index (χ4n) is 8.38. The lowest BCUT2D eigenvalue weighted by Gasteiger charge is -2.16. The second kappa shape index (κ2) is 12.2. The first kappa shape index (κ1) is 30.4. The smallest absolute Gasteiger partial charge is 0.0893 e. The minimum atomic E-state index is 0.855. The van der Waals surface area contributed by atoms with E-state index >= 15 is 0 Å². The maximum Gasteiger partial charge on any atom is 0.0893 e. The third-order valence-corrected chi connectivity index (χ3v) is 10.9. The van der Waals surface area contributed by atoms with E-state index in [0.29, 0.717) is 0 Å². The molecule has 0 fully saturated rings. The van der Waals surface area contributed by atoms with Gasteiger partial charge in [-0.3, -0.25) is 4.98 Å². The highest BCUT2D eigenvalue weighted by molar-refractivity contribution is 6.27. The predicted molar refractivity (Wildman–Crippen MR) is 227 cm³/mol. The van der Waals surface area contributed by atoms with E-state index in [0.717, 1.165) is 61.3 Å². The molecule has 8 aromatic carbocycles. The monoisotopic (exact) mass is 685 g/mol. The summed E-state index contributed by atoms with van der Waals surface area (Å²) in [6.07, 6.45) is 1.80. The van der Waals surface area contributed by atoms with Gasteiger partial charge in [0.1, 0.15) is 0 Å². The largest absolute Gasteiger partial charge is 0.255 e. The average molecular weight is 686 g/mol. The summed E-state index contributed by atoms with van der Waals surface area (Å²) in [5, 5.41) is 13.6. The van der Waals surface area contributed by atoms with Crippen molar-refractivity contribution < 1.29 is 0 Å². The molecule has 0 aliphatic rings. The topological polar surface area (TPSA) is 38.7 Å². The summed E-state index contributed by atoms with van der Waals surface area (Å²) in [7, 11) is 0. The van der Waals surface area contributed by atoms with Gasteiger partial charge in [-0.2, -0.15) is 0 Å². The molecule has 0 radical (unpaired) electrons. The number of benzene rings is 8. The number of aromatic nitrogens is 3. The van der Waals surface area contributed by atoms with Crippen LogP contribution in [0.2, 0.25) is 0 Å². The van der Waals surface area contributed by atoms with Gasteiger partial charge in [0.05, 0.1) is 28.3 Å². The Morgan fingerprint density at radius 3 is 1.65 bits per heavy atom. The molecule has 3 nitrogen and oxygen atoms in total. The number of hydrogen-bond donors (Lipinski definition) is 0. The van der Waals surface area contributed by atoms with Gasteiger partial charge in [-0.1, -0.05) is 152 Å². The Labute approximate surface area is 311 Å². The van der Waals surface area contributed by atoms with E-state index in [2.05, 4.69) is 157 Å². The van der Waals surface area contributed by atoms with Gasteiger partial charge < -0.3 is 0 Å². The van der Waals surface area contributed by atoms with Crippen molar-refractivity contribution in [3.8, 4) is 45.0 Å². The fourth-order valence-corrected chi connectivity index (χ4v) is 8.38. The quantitative estimate of drug-likeness (QED) is 0.173. The molecule has 0 atom stereocenters. The number of pyridine rings is 3. The van der Waals surface area contributed by atoms with Gasteiger partial charge in [0.25, 0.3) is 0 Å². The van der Waals surface area contributed by atoms with E-state index in [4.69, 9.17) is 9.97 Å². The summed E-state index contributed by atoms with van der Waals surface area (Å²) >= 11 is 0. The predicted octanol–water partition coefficient (Wildman–Crippen LogP) is 13.5. The Kier molecular flexibility index (Phi) is 6.86. The van der Waals surface area contributed by atoms with E-state index in [1.807, 2.05) is 30.3 Å². The first-order valence-electron chi connectivity index (χ1n) is 18.4. The summed E-state index contributed by atoms with van der Waals surface area (Å²) in [6.45, 7) is 0. The van der Waals surface area contributed by atoms with Crippen molar-refractivity contribution in [3.63, 3.8) is 0 Å². The number of rotatable bonds is 4. The summed E-state index contributed by atoms with van der Waals surface area (Å²) < 4.78 is 0. The van der Waals surface area contributed by atoms with Crippen LogP contribution in [0.1, 0.15) is 0 Å². The molecule has 0 saturated carbocycles. The standard InChI is InChI=1S/C51H31N3/c1-2-12-36-32(11-1)26-29-44-49(36)43-18-9-17-37(35-27-28-42-40-15-4-3-13-38(40)39-14-5-6-16-41(39)45(42)31-35)51(43)54-50(44)34-24-22-33(23-25-34)46-20-10-21-48(53-46)47-19-7-8-30-52-47/h1-31H. The van der Waals surface area contributed by atoms with Crippen molar-refractivity contribution in [3.05, 3.63) is 188 Å². The molecular formula is C51H31N3. The molecule has 0 spiro atoms. The van der Waals surface area contributed by atoms with Crippen molar-refractivity contribution in [2.45, 2.75) is 0 Å². The molecule has 0 bridgehead atoms. The van der Waals surface area contributed by atoms with Crippen molar-refractivity contribution in [1.29, 1.82) is 0 Å². The molecule has 0 aliphatic carbocycles.